The largest absolute Gasteiger partial charge is 0.392 e. The molecule has 2 rings (SSSR count). The maximum absolute atomic E-state index is 10.2. The molecule has 1 unspecified atom stereocenters. The highest BCUT2D eigenvalue weighted by molar-refractivity contribution is 5.16. The molecule has 1 saturated heterocycles. The van der Waals surface area contributed by atoms with Crippen LogP contribution >= 0.6 is 0 Å². The van der Waals surface area contributed by atoms with E-state index < -0.39 is 0 Å². The van der Waals surface area contributed by atoms with Crippen molar-refractivity contribution in [2.24, 2.45) is 5.41 Å². The van der Waals surface area contributed by atoms with Gasteiger partial charge in [0.2, 0.25) is 0 Å². The monoisotopic (exact) mass is 247 g/mol. The van der Waals surface area contributed by atoms with Gasteiger partial charge in [0.05, 0.1) is 6.10 Å². The van der Waals surface area contributed by atoms with Crippen molar-refractivity contribution in [2.75, 3.05) is 6.54 Å². The standard InChI is InChI=1S/C16H25NO/c1-15(2)14(18)10-11-17(16(15,3)4)12-13-8-6-5-7-9-13/h5-9,14,18H,10-12H2,1-4H3. The molecular formula is C16H25NO. The Labute approximate surface area is 111 Å². The third kappa shape index (κ3) is 2.19. The van der Waals surface area contributed by atoms with Crippen molar-refractivity contribution in [1.29, 1.82) is 0 Å². The zero-order valence-electron chi connectivity index (χ0n) is 12.0. The first kappa shape index (κ1) is 13.6. The first-order valence-electron chi connectivity index (χ1n) is 6.83. The molecule has 0 radical (unpaired) electrons. The summed E-state index contributed by atoms with van der Waals surface area (Å²) in [4.78, 5) is 2.50. The number of piperidine rings is 1. The van der Waals surface area contributed by atoms with Gasteiger partial charge in [-0.05, 0) is 25.8 Å². The summed E-state index contributed by atoms with van der Waals surface area (Å²) in [7, 11) is 0. The SMILES string of the molecule is CC1(C)C(O)CCN(Cc2ccccc2)C1(C)C. The fraction of sp³-hybridized carbons (Fsp3) is 0.625. The Morgan fingerprint density at radius 2 is 1.78 bits per heavy atom. The quantitative estimate of drug-likeness (QED) is 0.868. The number of hydrogen-bond donors (Lipinski definition) is 1. The van der Waals surface area contributed by atoms with Gasteiger partial charge in [-0.15, -0.1) is 0 Å². The summed E-state index contributed by atoms with van der Waals surface area (Å²) in [6.07, 6.45) is 0.656. The van der Waals surface area contributed by atoms with E-state index in [2.05, 4.69) is 62.9 Å². The van der Waals surface area contributed by atoms with Gasteiger partial charge in [0.15, 0.2) is 0 Å². The number of nitrogens with zero attached hydrogens (tertiary/aromatic N) is 1. The second kappa shape index (κ2) is 4.67. The number of hydrogen-bond acceptors (Lipinski definition) is 2. The molecule has 0 amide bonds. The molecule has 1 N–H and O–H groups in total. The van der Waals surface area contributed by atoms with E-state index in [-0.39, 0.29) is 17.1 Å². The second-order valence-electron chi connectivity index (χ2n) is 6.49. The zero-order chi connectivity index (χ0) is 13.4. The van der Waals surface area contributed by atoms with Crippen LogP contribution in [0.4, 0.5) is 0 Å². The van der Waals surface area contributed by atoms with Crippen LogP contribution in [-0.4, -0.2) is 28.2 Å². The van der Waals surface area contributed by atoms with Gasteiger partial charge in [-0.25, -0.2) is 0 Å². The topological polar surface area (TPSA) is 23.5 Å². The molecule has 1 fully saturated rings. The van der Waals surface area contributed by atoms with E-state index in [9.17, 15) is 5.11 Å². The minimum atomic E-state index is -0.209. The van der Waals surface area contributed by atoms with E-state index in [1.54, 1.807) is 0 Å². The van der Waals surface area contributed by atoms with E-state index in [0.717, 1.165) is 19.5 Å². The third-order valence-corrected chi connectivity index (χ3v) is 5.09. The molecular weight excluding hydrogens is 222 g/mol. The van der Waals surface area contributed by atoms with Crippen molar-refractivity contribution in [3.63, 3.8) is 0 Å². The first-order valence-corrected chi connectivity index (χ1v) is 6.83. The summed E-state index contributed by atoms with van der Waals surface area (Å²) in [6.45, 7) is 10.8. The van der Waals surface area contributed by atoms with E-state index in [0.29, 0.717) is 0 Å². The Morgan fingerprint density at radius 1 is 1.17 bits per heavy atom. The number of rotatable bonds is 2. The van der Waals surface area contributed by atoms with Crippen LogP contribution in [0.5, 0.6) is 0 Å². The predicted octanol–water partition coefficient (Wildman–Crippen LogP) is 3.06. The molecule has 0 spiro atoms. The Kier molecular flexibility index (Phi) is 3.52. The smallest absolute Gasteiger partial charge is 0.0620 e. The lowest BCUT2D eigenvalue weighted by atomic mass is 9.66. The number of aliphatic hydroxyl groups is 1. The lowest BCUT2D eigenvalue weighted by Crippen LogP contribution is -2.62. The molecule has 1 heterocycles. The van der Waals surface area contributed by atoms with Gasteiger partial charge in [-0.3, -0.25) is 4.90 Å². The minimum Gasteiger partial charge on any atom is -0.392 e. The highest BCUT2D eigenvalue weighted by Crippen LogP contribution is 2.44. The van der Waals surface area contributed by atoms with Gasteiger partial charge >= 0.3 is 0 Å². The minimum absolute atomic E-state index is 0.000504. The van der Waals surface area contributed by atoms with Gasteiger partial charge in [0.1, 0.15) is 0 Å². The van der Waals surface area contributed by atoms with Crippen molar-refractivity contribution < 1.29 is 5.11 Å². The summed E-state index contributed by atoms with van der Waals surface area (Å²) >= 11 is 0. The molecule has 1 aromatic carbocycles. The van der Waals surface area contributed by atoms with Crippen LogP contribution < -0.4 is 0 Å². The van der Waals surface area contributed by atoms with Gasteiger partial charge in [0.25, 0.3) is 0 Å². The molecule has 18 heavy (non-hydrogen) atoms. The van der Waals surface area contributed by atoms with Crippen LogP contribution in [0.1, 0.15) is 39.7 Å². The number of aliphatic hydroxyl groups excluding tert-OH is 1. The summed E-state index contributed by atoms with van der Waals surface area (Å²) in [5.74, 6) is 0. The fourth-order valence-corrected chi connectivity index (χ4v) is 2.81. The summed E-state index contributed by atoms with van der Waals surface area (Å²) in [5, 5.41) is 10.2. The molecule has 100 valence electrons. The van der Waals surface area contributed by atoms with Gasteiger partial charge in [0, 0.05) is 24.0 Å². The molecule has 1 atom stereocenters. The highest BCUT2D eigenvalue weighted by atomic mass is 16.3. The molecule has 1 aliphatic rings. The second-order valence-corrected chi connectivity index (χ2v) is 6.49. The summed E-state index contributed by atoms with van der Waals surface area (Å²) in [5.41, 5.74) is 1.26. The molecule has 0 bridgehead atoms. The number of benzene rings is 1. The van der Waals surface area contributed by atoms with Crippen LogP contribution in [0.15, 0.2) is 30.3 Å². The van der Waals surface area contributed by atoms with Gasteiger partial charge in [-0.2, -0.15) is 0 Å². The Morgan fingerprint density at radius 3 is 2.39 bits per heavy atom. The third-order valence-electron chi connectivity index (χ3n) is 5.09. The Bertz CT molecular complexity index is 397. The maximum Gasteiger partial charge on any atom is 0.0620 e. The van der Waals surface area contributed by atoms with Crippen LogP contribution in [0.2, 0.25) is 0 Å². The average molecular weight is 247 g/mol. The lowest BCUT2D eigenvalue weighted by Gasteiger charge is -2.55. The van der Waals surface area contributed by atoms with Gasteiger partial charge in [-0.1, -0.05) is 44.2 Å². The fourth-order valence-electron chi connectivity index (χ4n) is 2.81. The molecule has 0 saturated carbocycles. The van der Waals surface area contributed by atoms with Crippen molar-refractivity contribution >= 4 is 0 Å². The average Bonchev–Trinajstić information content (AvgIpc) is 2.33. The lowest BCUT2D eigenvalue weighted by molar-refractivity contribution is -0.116. The Balaban J connectivity index is 2.19. The first-order chi connectivity index (χ1) is 8.35. The van der Waals surface area contributed by atoms with Crippen LogP contribution in [0.3, 0.4) is 0 Å². The Hall–Kier alpha value is -0.860. The molecule has 2 heteroatoms. The molecule has 2 nitrogen and oxygen atoms in total. The predicted molar refractivity (Wildman–Crippen MR) is 75.3 cm³/mol. The summed E-state index contributed by atoms with van der Waals surface area (Å²) in [6, 6.07) is 10.6. The van der Waals surface area contributed by atoms with Crippen molar-refractivity contribution in [1.82, 2.24) is 4.90 Å². The van der Waals surface area contributed by atoms with Gasteiger partial charge < -0.3 is 5.11 Å². The van der Waals surface area contributed by atoms with Crippen molar-refractivity contribution in [3.8, 4) is 0 Å². The molecule has 1 aromatic rings. The maximum atomic E-state index is 10.2. The van der Waals surface area contributed by atoms with Crippen molar-refractivity contribution in [2.45, 2.75) is 52.3 Å². The van der Waals surface area contributed by atoms with Crippen LogP contribution in [0, 0.1) is 5.41 Å². The zero-order valence-corrected chi connectivity index (χ0v) is 12.0. The normalized spacial score (nSPS) is 27.1. The molecule has 0 aromatic heterocycles. The van der Waals surface area contributed by atoms with E-state index in [1.165, 1.54) is 5.56 Å². The molecule has 1 aliphatic heterocycles. The van der Waals surface area contributed by atoms with E-state index >= 15 is 0 Å². The molecule has 0 aliphatic carbocycles. The van der Waals surface area contributed by atoms with Crippen LogP contribution in [-0.2, 0) is 6.54 Å². The van der Waals surface area contributed by atoms with E-state index in [4.69, 9.17) is 0 Å². The summed E-state index contributed by atoms with van der Waals surface area (Å²) < 4.78 is 0. The van der Waals surface area contributed by atoms with Crippen LogP contribution in [0.25, 0.3) is 0 Å². The number of likely N-dealkylation sites (tertiary alicyclic amines) is 1. The highest BCUT2D eigenvalue weighted by Gasteiger charge is 2.49. The van der Waals surface area contributed by atoms with Crippen molar-refractivity contribution in [3.05, 3.63) is 35.9 Å². The van der Waals surface area contributed by atoms with E-state index in [1.807, 2.05) is 0 Å².